The molecule has 1 aliphatic heterocycles. The molecule has 0 spiro atoms. The molecule has 0 amide bonds. The lowest BCUT2D eigenvalue weighted by atomic mass is 9.98. The molecule has 288 valence electrons. The minimum Gasteiger partial charge on any atom is -0.456 e. The number of rotatable bonds is 7. The summed E-state index contributed by atoms with van der Waals surface area (Å²) in [4.78, 5) is 12.9. The molecule has 0 saturated carbocycles. The largest absolute Gasteiger partial charge is 0.456 e. The lowest BCUT2D eigenvalue weighted by molar-refractivity contribution is 0.668. The zero-order valence-corrected chi connectivity index (χ0v) is 32.9. The molecule has 6 nitrogen and oxygen atoms in total. The number of amidine groups is 2. The molecule has 3 heterocycles. The number of benzene rings is 9. The molecule has 12 rings (SSSR count). The van der Waals surface area contributed by atoms with E-state index in [4.69, 9.17) is 18.8 Å². The van der Waals surface area contributed by atoms with Crippen molar-refractivity contribution < 1.29 is 8.83 Å². The molecule has 1 N–H and O–H groups in total. The van der Waals surface area contributed by atoms with E-state index in [-0.39, 0.29) is 6.17 Å². The van der Waals surface area contributed by atoms with Gasteiger partial charge in [-0.2, -0.15) is 0 Å². The molecular formula is C55H36N4O2. The van der Waals surface area contributed by atoms with Gasteiger partial charge in [-0.15, -0.1) is 0 Å². The number of hydrogen-bond acceptors (Lipinski definition) is 6. The average Bonchev–Trinajstić information content (AvgIpc) is 3.91. The van der Waals surface area contributed by atoms with Gasteiger partial charge in [-0.3, -0.25) is 0 Å². The summed E-state index contributed by atoms with van der Waals surface area (Å²) in [6, 6.07) is 71.5. The Labute approximate surface area is 351 Å². The van der Waals surface area contributed by atoms with Crippen molar-refractivity contribution in [3.8, 4) is 11.1 Å². The third kappa shape index (κ3) is 5.96. The lowest BCUT2D eigenvalue weighted by Crippen LogP contribution is -2.33. The molecule has 11 aromatic rings. The first-order valence-electron chi connectivity index (χ1n) is 20.5. The number of nitrogens with zero attached hydrogens (tertiary/aromatic N) is 3. The minimum atomic E-state index is -0.349. The topological polar surface area (TPSA) is 66.3 Å². The highest BCUT2D eigenvalue weighted by Gasteiger charge is 2.26. The van der Waals surface area contributed by atoms with E-state index in [0.29, 0.717) is 5.84 Å². The van der Waals surface area contributed by atoms with Crippen LogP contribution >= 0.6 is 0 Å². The van der Waals surface area contributed by atoms with E-state index in [1.165, 1.54) is 5.56 Å². The van der Waals surface area contributed by atoms with Gasteiger partial charge in [0.2, 0.25) is 0 Å². The number of hydrogen-bond donors (Lipinski definition) is 1. The van der Waals surface area contributed by atoms with E-state index in [1.54, 1.807) is 0 Å². The molecular weight excluding hydrogens is 749 g/mol. The number of anilines is 3. The van der Waals surface area contributed by atoms with Crippen LogP contribution in [0.5, 0.6) is 0 Å². The summed E-state index contributed by atoms with van der Waals surface area (Å²) in [6.07, 6.45) is -0.349. The van der Waals surface area contributed by atoms with E-state index >= 15 is 0 Å². The minimum absolute atomic E-state index is 0.349. The molecule has 9 aromatic carbocycles. The van der Waals surface area contributed by atoms with Gasteiger partial charge in [0.1, 0.15) is 34.3 Å². The predicted octanol–water partition coefficient (Wildman–Crippen LogP) is 14.3. The van der Waals surface area contributed by atoms with Crippen molar-refractivity contribution in [1.82, 2.24) is 5.32 Å². The molecule has 2 aromatic heterocycles. The number of nitrogens with one attached hydrogen (secondary N) is 1. The molecule has 0 bridgehead atoms. The average molecular weight is 785 g/mol. The first-order valence-corrected chi connectivity index (χ1v) is 20.5. The van der Waals surface area contributed by atoms with Crippen molar-refractivity contribution in [1.29, 1.82) is 0 Å². The van der Waals surface area contributed by atoms with Crippen molar-refractivity contribution in [2.75, 3.05) is 4.90 Å². The van der Waals surface area contributed by atoms with Gasteiger partial charge in [0.15, 0.2) is 5.84 Å². The van der Waals surface area contributed by atoms with Crippen molar-refractivity contribution in [3.63, 3.8) is 0 Å². The molecule has 0 fully saturated rings. The summed E-state index contributed by atoms with van der Waals surface area (Å²) in [5.41, 5.74) is 11.5. The summed E-state index contributed by atoms with van der Waals surface area (Å²) in [5, 5.41) is 9.99. The number of aliphatic imine (C=N–C) groups is 2. The normalized spacial score (nSPS) is 14.1. The van der Waals surface area contributed by atoms with Crippen LogP contribution in [0.2, 0.25) is 0 Å². The second kappa shape index (κ2) is 14.3. The lowest BCUT2D eigenvalue weighted by Gasteiger charge is -2.27. The van der Waals surface area contributed by atoms with Crippen LogP contribution < -0.4 is 10.2 Å². The van der Waals surface area contributed by atoms with Gasteiger partial charge in [-0.1, -0.05) is 158 Å². The predicted molar refractivity (Wildman–Crippen MR) is 250 cm³/mol. The standard InChI is InChI=1S/C55H36N4O2/c1-4-15-35(16-5-1)36-27-29-38(30-28-36)54-56-53(37-17-6-2-7-18-37)57-55(58-54)45-24-14-26-48-52(45)51-44-23-11-10-21-41(44)46(34-50(51)61-48)59(39-19-8-3-9-20-39)40-31-32-43-42-22-12-13-25-47(42)60-49(43)33-40/h1-34,53H,(H,56,57,58). The quantitative estimate of drug-likeness (QED) is 0.175. The van der Waals surface area contributed by atoms with Gasteiger partial charge in [0, 0.05) is 61.6 Å². The third-order valence-corrected chi connectivity index (χ3v) is 11.7. The Bertz CT molecular complexity index is 3500. The van der Waals surface area contributed by atoms with Crippen molar-refractivity contribution in [2.24, 2.45) is 9.98 Å². The zero-order valence-electron chi connectivity index (χ0n) is 32.9. The Morgan fingerprint density at radius 1 is 0.426 bits per heavy atom. The highest BCUT2D eigenvalue weighted by Crippen LogP contribution is 2.46. The molecule has 1 unspecified atom stereocenters. The highest BCUT2D eigenvalue weighted by molar-refractivity contribution is 6.28. The fourth-order valence-electron chi connectivity index (χ4n) is 8.86. The third-order valence-electron chi connectivity index (χ3n) is 11.7. The summed E-state index contributed by atoms with van der Waals surface area (Å²) < 4.78 is 13.3. The fourth-order valence-corrected chi connectivity index (χ4v) is 8.86. The molecule has 6 heteroatoms. The first-order chi connectivity index (χ1) is 30.2. The smallest absolute Gasteiger partial charge is 0.160 e. The van der Waals surface area contributed by atoms with E-state index < -0.39 is 0 Å². The highest BCUT2D eigenvalue weighted by atomic mass is 16.3. The van der Waals surface area contributed by atoms with Crippen LogP contribution in [-0.2, 0) is 0 Å². The van der Waals surface area contributed by atoms with Gasteiger partial charge in [-0.05, 0) is 58.5 Å². The van der Waals surface area contributed by atoms with Crippen LogP contribution in [0.15, 0.2) is 225 Å². The Hall–Kier alpha value is -8.22. The van der Waals surface area contributed by atoms with Gasteiger partial charge in [-0.25, -0.2) is 9.98 Å². The molecule has 0 aliphatic carbocycles. The Morgan fingerprint density at radius 2 is 1.05 bits per heavy atom. The van der Waals surface area contributed by atoms with E-state index in [9.17, 15) is 0 Å². The van der Waals surface area contributed by atoms with Crippen LogP contribution in [0.4, 0.5) is 17.1 Å². The molecule has 1 atom stereocenters. The van der Waals surface area contributed by atoms with Crippen molar-refractivity contribution in [3.05, 3.63) is 223 Å². The second-order valence-electron chi connectivity index (χ2n) is 15.4. The maximum absolute atomic E-state index is 6.88. The molecule has 1 aliphatic rings. The number of fused-ring (bicyclic) bond motifs is 8. The van der Waals surface area contributed by atoms with E-state index in [1.807, 2.05) is 54.6 Å². The summed E-state index contributed by atoms with van der Waals surface area (Å²) in [7, 11) is 0. The Kier molecular flexibility index (Phi) is 8.13. The van der Waals surface area contributed by atoms with Crippen molar-refractivity contribution in [2.45, 2.75) is 6.17 Å². The number of furan rings is 2. The first kappa shape index (κ1) is 34.8. The van der Waals surface area contributed by atoms with Gasteiger partial charge < -0.3 is 19.1 Å². The second-order valence-corrected chi connectivity index (χ2v) is 15.4. The van der Waals surface area contributed by atoms with Crippen LogP contribution in [0.1, 0.15) is 22.9 Å². The summed E-state index contributed by atoms with van der Waals surface area (Å²) in [6.45, 7) is 0. The van der Waals surface area contributed by atoms with Gasteiger partial charge >= 0.3 is 0 Å². The Morgan fingerprint density at radius 3 is 1.85 bits per heavy atom. The molecule has 0 saturated heterocycles. The maximum Gasteiger partial charge on any atom is 0.160 e. The fraction of sp³-hybridized carbons (Fsp3) is 0.0182. The van der Waals surface area contributed by atoms with Crippen LogP contribution in [0.25, 0.3) is 65.8 Å². The molecule has 0 radical (unpaired) electrons. The summed E-state index contributed by atoms with van der Waals surface area (Å²) >= 11 is 0. The van der Waals surface area contributed by atoms with E-state index in [2.05, 4.69) is 162 Å². The number of para-hydroxylation sites is 2. The van der Waals surface area contributed by atoms with Gasteiger partial charge in [0.25, 0.3) is 0 Å². The molecule has 61 heavy (non-hydrogen) atoms. The zero-order chi connectivity index (χ0) is 40.3. The van der Waals surface area contributed by atoms with E-state index in [0.717, 1.165) is 99.8 Å². The van der Waals surface area contributed by atoms with Crippen molar-refractivity contribution >= 4 is 83.4 Å². The van der Waals surface area contributed by atoms with Crippen LogP contribution in [-0.4, -0.2) is 11.7 Å². The maximum atomic E-state index is 6.88. The van der Waals surface area contributed by atoms with Gasteiger partial charge in [0.05, 0.1) is 5.69 Å². The monoisotopic (exact) mass is 784 g/mol. The van der Waals surface area contributed by atoms with Crippen LogP contribution in [0, 0.1) is 0 Å². The Balaban J connectivity index is 1.04. The van der Waals surface area contributed by atoms with Crippen LogP contribution in [0.3, 0.4) is 0 Å². The summed E-state index contributed by atoms with van der Waals surface area (Å²) in [5.74, 6) is 1.40. The SMILES string of the molecule is c1ccc(-c2ccc(C3=NC(c4cccc5oc6cc(N(c7ccccc7)c7ccc8c(c7)oc7ccccc78)c7ccccc7c6c45)=NC(c4ccccc4)N3)cc2)cc1.